The molecule has 1 unspecified atom stereocenters. The molecule has 1 N–H and O–H groups in total. The molecule has 0 saturated carbocycles. The number of hydrogen-bond donors (Lipinski definition) is 1. The van der Waals surface area contributed by atoms with Crippen LogP contribution in [0.25, 0.3) is 6.08 Å². The molecule has 0 heterocycles. The Bertz CT molecular complexity index is 535. The summed E-state index contributed by atoms with van der Waals surface area (Å²) in [6, 6.07) is 5.35. The Morgan fingerprint density at radius 3 is 2.55 bits per heavy atom. The average Bonchev–Trinajstić information content (AvgIpc) is 2.35. The number of aliphatic carboxylic acids is 1. The Morgan fingerprint density at radius 2 is 2.05 bits per heavy atom. The zero-order chi connectivity index (χ0) is 15.3. The van der Waals surface area contributed by atoms with E-state index in [1.165, 1.54) is 6.08 Å². The van der Waals surface area contributed by atoms with E-state index in [-0.39, 0.29) is 0 Å². The first-order valence-corrected chi connectivity index (χ1v) is 6.48. The van der Waals surface area contributed by atoms with Crippen LogP contribution in [0.3, 0.4) is 0 Å². The fourth-order valence-corrected chi connectivity index (χ4v) is 1.95. The van der Waals surface area contributed by atoms with Crippen LogP contribution in [-0.4, -0.2) is 16.0 Å². The Kier molecular flexibility index (Phi) is 5.43. The molecule has 1 rings (SSSR count). The van der Waals surface area contributed by atoms with Crippen LogP contribution in [0, 0.1) is 16.0 Å². The molecule has 0 spiro atoms. The lowest BCUT2D eigenvalue weighted by Crippen LogP contribution is -2.08. The van der Waals surface area contributed by atoms with Crippen molar-refractivity contribution < 1.29 is 14.8 Å². The Morgan fingerprint density at radius 1 is 1.40 bits per heavy atom. The largest absolute Gasteiger partial charge is 0.481 e. The molecule has 0 aliphatic carbocycles. The molecule has 1 aromatic carbocycles. The van der Waals surface area contributed by atoms with Gasteiger partial charge in [-0.05, 0) is 36.0 Å². The molecule has 0 bridgehead atoms. The molecule has 0 aromatic heterocycles. The van der Waals surface area contributed by atoms with Crippen LogP contribution in [0.1, 0.15) is 43.4 Å². The van der Waals surface area contributed by atoms with E-state index in [0.717, 1.165) is 18.2 Å². The smallest absolute Gasteiger partial charge is 0.310 e. The molecule has 0 fully saturated rings. The summed E-state index contributed by atoms with van der Waals surface area (Å²) in [6.45, 7) is 5.73. The summed E-state index contributed by atoms with van der Waals surface area (Å²) in [7, 11) is 0. The van der Waals surface area contributed by atoms with E-state index in [9.17, 15) is 14.9 Å². The van der Waals surface area contributed by atoms with Gasteiger partial charge in [0.25, 0.3) is 0 Å². The second-order valence-electron chi connectivity index (χ2n) is 5.22. The number of rotatable bonds is 6. The van der Waals surface area contributed by atoms with Gasteiger partial charge in [0.15, 0.2) is 0 Å². The third-order valence-electron chi connectivity index (χ3n) is 3.04. The summed E-state index contributed by atoms with van der Waals surface area (Å²) in [5.74, 6) is -1.13. The number of carboxylic acids is 1. The van der Waals surface area contributed by atoms with E-state index in [1.54, 1.807) is 19.1 Å². The first-order chi connectivity index (χ1) is 9.31. The molecule has 1 aromatic rings. The van der Waals surface area contributed by atoms with Crippen molar-refractivity contribution in [1.29, 1.82) is 0 Å². The summed E-state index contributed by atoms with van der Waals surface area (Å²) >= 11 is 0. The van der Waals surface area contributed by atoms with Crippen LogP contribution in [0.4, 0.5) is 0 Å². The van der Waals surface area contributed by atoms with Crippen molar-refractivity contribution in [3.63, 3.8) is 0 Å². The number of carbonyl (C=O) groups is 1. The van der Waals surface area contributed by atoms with Gasteiger partial charge in [-0.3, -0.25) is 14.9 Å². The SMILES string of the molecule is CC(C)Cc1ccc(C(C)C(=O)O)cc1/C=C/[N+](=O)[O-]. The molecule has 20 heavy (non-hydrogen) atoms. The number of hydrogen-bond acceptors (Lipinski definition) is 3. The van der Waals surface area contributed by atoms with Gasteiger partial charge < -0.3 is 5.11 Å². The summed E-state index contributed by atoms with van der Waals surface area (Å²) in [6.07, 6.45) is 3.10. The maximum atomic E-state index is 11.0. The van der Waals surface area contributed by atoms with Gasteiger partial charge in [-0.1, -0.05) is 32.0 Å². The quantitative estimate of drug-likeness (QED) is 0.639. The summed E-state index contributed by atoms with van der Waals surface area (Å²) in [5.41, 5.74) is 2.34. The van der Waals surface area contributed by atoms with Gasteiger partial charge >= 0.3 is 5.97 Å². The fraction of sp³-hybridized carbons (Fsp3) is 0.400. The van der Waals surface area contributed by atoms with Crippen LogP contribution in [0.15, 0.2) is 24.4 Å². The zero-order valence-corrected chi connectivity index (χ0v) is 11.9. The molecule has 0 saturated heterocycles. The lowest BCUT2D eigenvalue weighted by atomic mass is 9.92. The number of carboxylic acid groups (broad SMARTS) is 1. The maximum absolute atomic E-state index is 11.0. The third-order valence-corrected chi connectivity index (χ3v) is 3.04. The summed E-state index contributed by atoms with van der Waals surface area (Å²) in [5, 5.41) is 19.5. The van der Waals surface area contributed by atoms with Crippen molar-refractivity contribution >= 4 is 12.0 Å². The second kappa shape index (κ2) is 6.84. The standard InChI is InChI=1S/C15H19NO4/c1-10(2)8-13-5-4-12(11(3)15(17)18)9-14(13)6-7-16(19)20/h4-7,9-11H,8H2,1-3H3,(H,17,18)/b7-6+. The minimum atomic E-state index is -0.911. The molecule has 0 amide bonds. The lowest BCUT2D eigenvalue weighted by molar-refractivity contribution is -0.400. The molecule has 0 radical (unpaired) electrons. The van der Waals surface area contributed by atoms with Gasteiger partial charge in [0.05, 0.1) is 10.8 Å². The predicted molar refractivity (Wildman–Crippen MR) is 77.1 cm³/mol. The summed E-state index contributed by atoms with van der Waals surface area (Å²) in [4.78, 5) is 20.9. The van der Waals surface area contributed by atoms with E-state index < -0.39 is 16.8 Å². The maximum Gasteiger partial charge on any atom is 0.310 e. The molecule has 5 nitrogen and oxygen atoms in total. The molecule has 5 heteroatoms. The molecule has 0 aliphatic heterocycles. The average molecular weight is 277 g/mol. The zero-order valence-electron chi connectivity index (χ0n) is 11.9. The monoisotopic (exact) mass is 277 g/mol. The van der Waals surface area contributed by atoms with Crippen LogP contribution in [-0.2, 0) is 11.2 Å². The molecular formula is C15H19NO4. The second-order valence-corrected chi connectivity index (χ2v) is 5.22. The van der Waals surface area contributed by atoms with Crippen LogP contribution in [0.5, 0.6) is 0 Å². The van der Waals surface area contributed by atoms with Crippen molar-refractivity contribution in [2.24, 2.45) is 5.92 Å². The Labute approximate surface area is 118 Å². The van der Waals surface area contributed by atoms with E-state index in [4.69, 9.17) is 5.11 Å². The van der Waals surface area contributed by atoms with Crippen LogP contribution >= 0.6 is 0 Å². The van der Waals surface area contributed by atoms with Crippen molar-refractivity contribution in [2.75, 3.05) is 0 Å². The Hall–Kier alpha value is -2.17. The first kappa shape index (κ1) is 15.9. The molecule has 1 atom stereocenters. The molecule has 0 aliphatic rings. The van der Waals surface area contributed by atoms with Crippen LogP contribution < -0.4 is 0 Å². The number of nitro groups is 1. The predicted octanol–water partition coefficient (Wildman–Crippen LogP) is 3.32. The van der Waals surface area contributed by atoms with Gasteiger partial charge in [-0.2, -0.15) is 0 Å². The highest BCUT2D eigenvalue weighted by atomic mass is 16.6. The van der Waals surface area contributed by atoms with Crippen molar-refractivity contribution in [1.82, 2.24) is 0 Å². The highest BCUT2D eigenvalue weighted by Crippen LogP contribution is 2.23. The van der Waals surface area contributed by atoms with E-state index in [2.05, 4.69) is 13.8 Å². The fourth-order valence-electron chi connectivity index (χ4n) is 1.95. The minimum absolute atomic E-state index is 0.417. The van der Waals surface area contributed by atoms with Gasteiger partial charge in [0.1, 0.15) is 0 Å². The van der Waals surface area contributed by atoms with Gasteiger partial charge in [0.2, 0.25) is 6.20 Å². The third kappa shape index (κ3) is 4.50. The van der Waals surface area contributed by atoms with Gasteiger partial charge in [0, 0.05) is 6.08 Å². The molecule has 108 valence electrons. The van der Waals surface area contributed by atoms with Crippen molar-refractivity contribution in [2.45, 2.75) is 33.1 Å². The molecular weight excluding hydrogens is 258 g/mol. The van der Waals surface area contributed by atoms with E-state index in [1.807, 2.05) is 6.07 Å². The number of benzene rings is 1. The first-order valence-electron chi connectivity index (χ1n) is 6.48. The number of nitrogens with zero attached hydrogens (tertiary/aromatic N) is 1. The van der Waals surface area contributed by atoms with Gasteiger partial charge in [-0.15, -0.1) is 0 Å². The van der Waals surface area contributed by atoms with E-state index in [0.29, 0.717) is 17.0 Å². The normalized spacial score (nSPS) is 12.8. The Balaban J connectivity index is 3.20. The lowest BCUT2D eigenvalue weighted by Gasteiger charge is -2.13. The topological polar surface area (TPSA) is 80.4 Å². The summed E-state index contributed by atoms with van der Waals surface area (Å²) < 4.78 is 0. The van der Waals surface area contributed by atoms with Crippen molar-refractivity contribution in [3.8, 4) is 0 Å². The highest BCUT2D eigenvalue weighted by molar-refractivity contribution is 5.76. The van der Waals surface area contributed by atoms with Crippen molar-refractivity contribution in [3.05, 3.63) is 51.2 Å². The van der Waals surface area contributed by atoms with Gasteiger partial charge in [-0.25, -0.2) is 0 Å². The highest BCUT2D eigenvalue weighted by Gasteiger charge is 2.15. The minimum Gasteiger partial charge on any atom is -0.481 e. The van der Waals surface area contributed by atoms with E-state index >= 15 is 0 Å². The van der Waals surface area contributed by atoms with Crippen LogP contribution in [0.2, 0.25) is 0 Å².